The van der Waals surface area contributed by atoms with Crippen molar-refractivity contribution in [2.45, 2.75) is 13.0 Å². The first-order valence-corrected chi connectivity index (χ1v) is 8.77. The average Bonchev–Trinajstić information content (AvgIpc) is 2.86. The molecule has 9 heteroatoms. The number of aliphatic hydroxyl groups excluding tert-OH is 1. The van der Waals surface area contributed by atoms with Crippen molar-refractivity contribution in [2.75, 3.05) is 18.9 Å². The first kappa shape index (κ1) is 18.9. The van der Waals surface area contributed by atoms with Crippen molar-refractivity contribution in [3.63, 3.8) is 0 Å². The Morgan fingerprint density at radius 1 is 1.30 bits per heavy atom. The smallest absolute Gasteiger partial charge is 0.330 e. The zero-order chi connectivity index (χ0) is 19.6. The first-order valence-electron chi connectivity index (χ1n) is 8.40. The van der Waals surface area contributed by atoms with Gasteiger partial charge in [0.05, 0.1) is 5.52 Å². The second-order valence-electron chi connectivity index (χ2n) is 6.19. The number of anilines is 1. The highest BCUT2D eigenvalue weighted by Gasteiger charge is 2.16. The molecule has 0 saturated heterocycles. The summed E-state index contributed by atoms with van der Waals surface area (Å²) in [6, 6.07) is 7.01. The van der Waals surface area contributed by atoms with Gasteiger partial charge in [-0.3, -0.25) is 13.9 Å². The molecule has 3 rings (SSSR count). The third-order valence-electron chi connectivity index (χ3n) is 4.19. The van der Waals surface area contributed by atoms with E-state index in [1.54, 1.807) is 31.4 Å². The molecule has 0 atom stereocenters. The Hall–Kier alpha value is -2.84. The van der Waals surface area contributed by atoms with Crippen molar-refractivity contribution in [3.8, 4) is 11.1 Å². The fourth-order valence-corrected chi connectivity index (χ4v) is 3.10. The largest absolute Gasteiger partial charge is 0.399 e. The number of imidazole rings is 1. The molecule has 0 aliphatic rings. The molecule has 142 valence electrons. The molecule has 2 aromatic heterocycles. The average molecular weight is 390 g/mol. The Bertz CT molecular complexity index is 1040. The summed E-state index contributed by atoms with van der Waals surface area (Å²) >= 11 is 6.07. The number of aromatic nitrogens is 3. The fourth-order valence-electron chi connectivity index (χ4n) is 2.86. The predicted molar refractivity (Wildman–Crippen MR) is 105 cm³/mol. The van der Waals surface area contributed by atoms with Gasteiger partial charge in [-0.2, -0.15) is 0 Å². The summed E-state index contributed by atoms with van der Waals surface area (Å²) in [5.41, 5.74) is 8.60. The monoisotopic (exact) mass is 389 g/mol. The summed E-state index contributed by atoms with van der Waals surface area (Å²) < 4.78 is 2.76. The van der Waals surface area contributed by atoms with Crippen molar-refractivity contribution in [2.24, 2.45) is 7.05 Å². The van der Waals surface area contributed by atoms with E-state index >= 15 is 0 Å². The maximum absolute atomic E-state index is 12.5. The van der Waals surface area contributed by atoms with Crippen LogP contribution in [0.2, 0.25) is 5.02 Å². The highest BCUT2D eigenvalue weighted by Crippen LogP contribution is 2.27. The van der Waals surface area contributed by atoms with Gasteiger partial charge in [-0.05, 0) is 36.2 Å². The van der Waals surface area contributed by atoms with Crippen LogP contribution in [0.5, 0.6) is 0 Å². The minimum absolute atomic E-state index is 0.00710. The van der Waals surface area contributed by atoms with Gasteiger partial charge in [0, 0.05) is 42.7 Å². The molecule has 0 radical (unpaired) electrons. The molecule has 4 N–H and O–H groups in total. The van der Waals surface area contributed by atoms with Gasteiger partial charge in [0.1, 0.15) is 6.54 Å². The van der Waals surface area contributed by atoms with Crippen molar-refractivity contribution in [3.05, 3.63) is 46.0 Å². The molecule has 0 spiro atoms. The number of benzene rings is 1. The standard InChI is InChI=1S/C18H20ClN5O3/c1-23-15-7-12(11-5-13(19)8-14(20)6-11)9-22-17(15)24(18(23)27)10-16(26)21-3-2-4-25/h5-9,25H,2-4,10,20H2,1H3,(H,21,26). The first-order chi connectivity index (χ1) is 12.9. The molecule has 27 heavy (non-hydrogen) atoms. The number of nitrogens with two attached hydrogens (primary N) is 1. The zero-order valence-electron chi connectivity index (χ0n) is 14.8. The maximum Gasteiger partial charge on any atom is 0.330 e. The number of nitrogens with zero attached hydrogens (tertiary/aromatic N) is 3. The number of hydrogen-bond acceptors (Lipinski definition) is 5. The molecular formula is C18H20ClN5O3. The lowest BCUT2D eigenvalue weighted by atomic mass is 10.1. The van der Waals surface area contributed by atoms with Crippen molar-refractivity contribution < 1.29 is 9.90 Å². The van der Waals surface area contributed by atoms with Crippen molar-refractivity contribution >= 4 is 34.4 Å². The van der Waals surface area contributed by atoms with Gasteiger partial charge in [-0.15, -0.1) is 0 Å². The van der Waals surface area contributed by atoms with Gasteiger partial charge < -0.3 is 16.2 Å². The number of pyridine rings is 1. The van der Waals surface area contributed by atoms with Gasteiger partial charge in [-0.1, -0.05) is 11.6 Å². The molecule has 0 unspecified atom stereocenters. The second-order valence-corrected chi connectivity index (χ2v) is 6.63. The molecule has 0 aliphatic heterocycles. The van der Waals surface area contributed by atoms with E-state index in [-0.39, 0.29) is 24.7 Å². The lowest BCUT2D eigenvalue weighted by molar-refractivity contribution is -0.121. The Balaban J connectivity index is 1.98. The van der Waals surface area contributed by atoms with Gasteiger partial charge in [0.15, 0.2) is 5.65 Å². The lowest BCUT2D eigenvalue weighted by Crippen LogP contribution is -2.33. The van der Waals surface area contributed by atoms with E-state index < -0.39 is 0 Å². The lowest BCUT2D eigenvalue weighted by Gasteiger charge is -2.06. The van der Waals surface area contributed by atoms with E-state index in [1.165, 1.54) is 9.13 Å². The molecule has 0 bridgehead atoms. The number of halogens is 1. The highest BCUT2D eigenvalue weighted by molar-refractivity contribution is 6.31. The van der Waals surface area contributed by atoms with Gasteiger partial charge >= 0.3 is 5.69 Å². The van der Waals surface area contributed by atoms with Crippen LogP contribution in [0.25, 0.3) is 22.3 Å². The van der Waals surface area contributed by atoms with Crippen LogP contribution in [0.15, 0.2) is 35.3 Å². The Labute approximate surface area is 160 Å². The number of amides is 1. The van der Waals surface area contributed by atoms with E-state index in [0.717, 1.165) is 11.1 Å². The number of carbonyl (C=O) groups excluding carboxylic acids is 1. The van der Waals surface area contributed by atoms with Crippen LogP contribution >= 0.6 is 11.6 Å². The van der Waals surface area contributed by atoms with Crippen LogP contribution in [0.1, 0.15) is 6.42 Å². The number of fused-ring (bicyclic) bond motifs is 1. The molecule has 0 saturated carbocycles. The van der Waals surface area contributed by atoms with E-state index in [9.17, 15) is 9.59 Å². The predicted octanol–water partition coefficient (Wildman–Crippen LogP) is 1.14. The molecule has 0 aliphatic carbocycles. The molecule has 1 amide bonds. The Morgan fingerprint density at radius 3 is 2.78 bits per heavy atom. The Kier molecular flexibility index (Phi) is 5.48. The number of nitrogen functional groups attached to an aromatic ring is 1. The van der Waals surface area contributed by atoms with Gasteiger partial charge in [0.2, 0.25) is 5.91 Å². The zero-order valence-corrected chi connectivity index (χ0v) is 15.5. The topological polar surface area (TPSA) is 115 Å². The number of rotatable bonds is 6. The SMILES string of the molecule is Cn1c(=O)n(CC(=O)NCCCO)c2ncc(-c3cc(N)cc(Cl)c3)cc21. The number of aliphatic hydroxyl groups is 1. The van der Waals surface area contributed by atoms with Crippen LogP contribution in [-0.2, 0) is 18.4 Å². The third-order valence-corrected chi connectivity index (χ3v) is 4.41. The molecule has 2 heterocycles. The van der Waals surface area contributed by atoms with Crippen LogP contribution in [0.3, 0.4) is 0 Å². The van der Waals surface area contributed by atoms with E-state index in [1.807, 2.05) is 6.07 Å². The van der Waals surface area contributed by atoms with Gasteiger partial charge in [-0.25, -0.2) is 9.78 Å². The second kappa shape index (κ2) is 7.81. The maximum atomic E-state index is 12.5. The molecule has 8 nitrogen and oxygen atoms in total. The number of hydrogen-bond donors (Lipinski definition) is 3. The normalized spacial score (nSPS) is 11.1. The summed E-state index contributed by atoms with van der Waals surface area (Å²) in [6.07, 6.45) is 2.08. The minimum Gasteiger partial charge on any atom is -0.399 e. The molecule has 0 fully saturated rings. The van der Waals surface area contributed by atoms with Crippen molar-refractivity contribution in [1.29, 1.82) is 0 Å². The molecule has 3 aromatic rings. The molecular weight excluding hydrogens is 370 g/mol. The Morgan fingerprint density at radius 2 is 2.07 bits per heavy atom. The van der Waals surface area contributed by atoms with Crippen LogP contribution in [0, 0.1) is 0 Å². The van der Waals surface area contributed by atoms with Crippen LogP contribution in [0.4, 0.5) is 5.69 Å². The summed E-state index contributed by atoms with van der Waals surface area (Å²) in [6.45, 7) is 0.202. The number of carbonyl (C=O) groups is 1. The van der Waals surface area contributed by atoms with Crippen LogP contribution in [-0.4, -0.2) is 38.3 Å². The summed E-state index contributed by atoms with van der Waals surface area (Å²) in [5.74, 6) is -0.313. The fraction of sp³-hybridized carbons (Fsp3) is 0.278. The summed E-state index contributed by atoms with van der Waals surface area (Å²) in [4.78, 5) is 29.0. The number of nitrogens with one attached hydrogen (secondary N) is 1. The van der Waals surface area contributed by atoms with Gasteiger partial charge in [0.25, 0.3) is 0 Å². The number of aryl methyl sites for hydroxylation is 1. The minimum atomic E-state index is -0.336. The third kappa shape index (κ3) is 3.96. The summed E-state index contributed by atoms with van der Waals surface area (Å²) in [7, 11) is 1.63. The highest BCUT2D eigenvalue weighted by atomic mass is 35.5. The summed E-state index contributed by atoms with van der Waals surface area (Å²) in [5, 5.41) is 11.9. The van der Waals surface area contributed by atoms with E-state index in [2.05, 4.69) is 10.3 Å². The van der Waals surface area contributed by atoms with Crippen molar-refractivity contribution in [1.82, 2.24) is 19.4 Å². The van der Waals surface area contributed by atoms with Crippen LogP contribution < -0.4 is 16.7 Å². The van der Waals surface area contributed by atoms with E-state index in [4.69, 9.17) is 22.4 Å². The quantitative estimate of drug-likeness (QED) is 0.432. The van der Waals surface area contributed by atoms with E-state index in [0.29, 0.717) is 34.8 Å². The molecule has 1 aromatic carbocycles.